The van der Waals surface area contributed by atoms with Crippen molar-refractivity contribution in [2.75, 3.05) is 12.4 Å². The third kappa shape index (κ3) is 3.53. The third-order valence-corrected chi connectivity index (χ3v) is 4.45. The Hall–Kier alpha value is -2.48. The van der Waals surface area contributed by atoms with Gasteiger partial charge in [-0.3, -0.25) is 4.79 Å². The molecular weight excluding hydrogens is 326 g/mol. The highest BCUT2D eigenvalue weighted by atomic mass is 32.1. The number of nitrogens with one attached hydrogen (secondary N) is 1. The number of fused-ring (bicyclic) bond motifs is 1. The molecule has 3 rings (SSSR count). The first-order valence-corrected chi connectivity index (χ1v) is 8.53. The molecule has 1 aromatic carbocycles. The van der Waals surface area contributed by atoms with Gasteiger partial charge in [0.05, 0.1) is 7.11 Å². The molecule has 2 aromatic heterocycles. The van der Waals surface area contributed by atoms with Crippen LogP contribution < -0.4 is 10.1 Å². The standard InChI is InChI=1S/C16H19N5O2S/c1-10(2)15-18-19-16-21(15)20-14(24-16)8-7-13(22)17-11-5-4-6-12(9-11)23-3/h4-6,9-10H,7-8H2,1-3H3,(H,17,22). The summed E-state index contributed by atoms with van der Waals surface area (Å²) >= 11 is 1.47. The van der Waals surface area contributed by atoms with E-state index in [1.807, 2.05) is 18.2 Å². The summed E-state index contributed by atoms with van der Waals surface area (Å²) in [7, 11) is 1.60. The predicted molar refractivity (Wildman–Crippen MR) is 92.7 cm³/mol. The molecule has 1 amide bonds. The van der Waals surface area contributed by atoms with Gasteiger partial charge in [-0.15, -0.1) is 10.2 Å². The number of methoxy groups -OCH3 is 1. The van der Waals surface area contributed by atoms with Gasteiger partial charge in [0.2, 0.25) is 10.9 Å². The lowest BCUT2D eigenvalue weighted by Gasteiger charge is -2.06. The molecule has 0 aliphatic heterocycles. The van der Waals surface area contributed by atoms with Crippen molar-refractivity contribution in [1.82, 2.24) is 19.8 Å². The minimum atomic E-state index is -0.0571. The van der Waals surface area contributed by atoms with Crippen molar-refractivity contribution >= 4 is 27.9 Å². The first-order valence-electron chi connectivity index (χ1n) is 7.71. The minimum Gasteiger partial charge on any atom is -0.497 e. The SMILES string of the molecule is COc1cccc(NC(=O)CCc2nn3c(C(C)C)nnc3s2)c1. The van der Waals surface area contributed by atoms with Gasteiger partial charge >= 0.3 is 0 Å². The summed E-state index contributed by atoms with van der Waals surface area (Å²) in [5, 5.41) is 16.5. The Morgan fingerprint density at radius 2 is 2.21 bits per heavy atom. The highest BCUT2D eigenvalue weighted by molar-refractivity contribution is 7.16. The van der Waals surface area contributed by atoms with Crippen molar-refractivity contribution in [3.05, 3.63) is 35.1 Å². The minimum absolute atomic E-state index is 0.0571. The molecule has 0 unspecified atom stereocenters. The van der Waals surface area contributed by atoms with Crippen molar-refractivity contribution in [2.45, 2.75) is 32.6 Å². The van der Waals surface area contributed by atoms with Crippen LogP contribution in [0.15, 0.2) is 24.3 Å². The fourth-order valence-electron chi connectivity index (χ4n) is 2.28. The Morgan fingerprint density at radius 3 is 2.96 bits per heavy atom. The number of carbonyl (C=O) groups is 1. The molecule has 0 bridgehead atoms. The first-order chi connectivity index (χ1) is 11.6. The number of aromatic nitrogens is 4. The van der Waals surface area contributed by atoms with Gasteiger partial charge in [-0.1, -0.05) is 31.3 Å². The molecule has 0 atom stereocenters. The Morgan fingerprint density at radius 1 is 1.38 bits per heavy atom. The number of hydrogen-bond acceptors (Lipinski definition) is 6. The molecule has 126 valence electrons. The number of ether oxygens (including phenoxy) is 1. The van der Waals surface area contributed by atoms with Crippen LogP contribution in [0.4, 0.5) is 5.69 Å². The van der Waals surface area contributed by atoms with Gasteiger partial charge in [-0.05, 0) is 12.1 Å². The van der Waals surface area contributed by atoms with Gasteiger partial charge in [-0.25, -0.2) is 0 Å². The third-order valence-electron chi connectivity index (χ3n) is 3.49. The highest BCUT2D eigenvalue weighted by Gasteiger charge is 2.14. The predicted octanol–water partition coefficient (Wildman–Crippen LogP) is 2.89. The second-order valence-corrected chi connectivity index (χ2v) is 6.72. The zero-order valence-electron chi connectivity index (χ0n) is 13.8. The first kappa shape index (κ1) is 16.4. The van der Waals surface area contributed by atoms with E-state index in [1.165, 1.54) is 11.3 Å². The van der Waals surface area contributed by atoms with Crippen LogP contribution >= 0.6 is 11.3 Å². The Balaban J connectivity index is 1.61. The zero-order valence-corrected chi connectivity index (χ0v) is 14.6. The molecule has 3 aromatic rings. The van der Waals surface area contributed by atoms with Crippen LogP contribution in [-0.4, -0.2) is 32.8 Å². The average Bonchev–Trinajstić information content (AvgIpc) is 3.12. The quantitative estimate of drug-likeness (QED) is 0.743. The summed E-state index contributed by atoms with van der Waals surface area (Å²) in [5.74, 6) is 1.75. The van der Waals surface area contributed by atoms with Crippen LogP contribution in [-0.2, 0) is 11.2 Å². The van der Waals surface area contributed by atoms with Crippen LogP contribution in [0.2, 0.25) is 0 Å². The summed E-state index contributed by atoms with van der Waals surface area (Å²) in [6.45, 7) is 4.11. The van der Waals surface area contributed by atoms with E-state index in [2.05, 4.69) is 34.5 Å². The Kier molecular flexibility index (Phi) is 4.75. The van der Waals surface area contributed by atoms with E-state index in [-0.39, 0.29) is 11.8 Å². The molecule has 0 aliphatic rings. The zero-order chi connectivity index (χ0) is 17.1. The maximum absolute atomic E-state index is 12.1. The van der Waals surface area contributed by atoms with Gasteiger partial charge in [0.15, 0.2) is 5.82 Å². The van der Waals surface area contributed by atoms with Crippen LogP contribution in [0.5, 0.6) is 5.75 Å². The number of benzene rings is 1. The maximum Gasteiger partial charge on any atom is 0.234 e. The molecule has 0 saturated carbocycles. The summed E-state index contributed by atoms with van der Waals surface area (Å²) in [6.07, 6.45) is 0.930. The fourth-order valence-corrected chi connectivity index (χ4v) is 3.12. The molecule has 1 N–H and O–H groups in total. The lowest BCUT2D eigenvalue weighted by atomic mass is 10.2. The van der Waals surface area contributed by atoms with Crippen LogP contribution in [0.1, 0.15) is 37.0 Å². The number of anilines is 1. The van der Waals surface area contributed by atoms with Crippen molar-refractivity contribution < 1.29 is 9.53 Å². The van der Waals surface area contributed by atoms with Crippen LogP contribution in [0.3, 0.4) is 0 Å². The molecule has 2 heterocycles. The van der Waals surface area contributed by atoms with Gasteiger partial charge in [0, 0.05) is 30.5 Å². The van der Waals surface area contributed by atoms with Crippen LogP contribution in [0.25, 0.3) is 4.96 Å². The monoisotopic (exact) mass is 345 g/mol. The van der Waals surface area contributed by atoms with Gasteiger partial charge in [0.1, 0.15) is 10.8 Å². The summed E-state index contributed by atoms with van der Waals surface area (Å²) < 4.78 is 6.91. The van der Waals surface area contributed by atoms with Gasteiger partial charge in [-0.2, -0.15) is 9.61 Å². The summed E-state index contributed by atoms with van der Waals surface area (Å²) in [5.41, 5.74) is 0.722. The number of hydrogen-bond donors (Lipinski definition) is 1. The Bertz CT molecular complexity index is 855. The molecule has 0 fully saturated rings. The largest absolute Gasteiger partial charge is 0.497 e. The second-order valence-electron chi connectivity index (χ2n) is 5.68. The number of nitrogens with zero attached hydrogens (tertiary/aromatic N) is 4. The van der Waals surface area contributed by atoms with Crippen molar-refractivity contribution in [3.8, 4) is 5.75 Å². The van der Waals surface area contributed by atoms with E-state index < -0.39 is 0 Å². The number of rotatable bonds is 6. The summed E-state index contributed by atoms with van der Waals surface area (Å²) in [4.78, 5) is 12.9. The number of aryl methyl sites for hydroxylation is 1. The van der Waals surface area contributed by atoms with E-state index in [9.17, 15) is 4.79 Å². The number of amides is 1. The molecule has 7 nitrogen and oxygen atoms in total. The molecule has 0 spiro atoms. The molecule has 8 heteroatoms. The van der Waals surface area contributed by atoms with Crippen LogP contribution in [0, 0.1) is 0 Å². The van der Waals surface area contributed by atoms with E-state index in [0.717, 1.165) is 21.5 Å². The summed E-state index contributed by atoms with van der Waals surface area (Å²) in [6, 6.07) is 7.29. The normalized spacial score (nSPS) is 11.2. The van der Waals surface area contributed by atoms with E-state index in [0.29, 0.717) is 18.6 Å². The van der Waals surface area contributed by atoms with Crippen molar-refractivity contribution in [1.29, 1.82) is 0 Å². The topological polar surface area (TPSA) is 81.4 Å². The molecular formula is C16H19N5O2S. The van der Waals surface area contributed by atoms with Gasteiger partial charge in [0.25, 0.3) is 0 Å². The molecule has 0 saturated heterocycles. The van der Waals surface area contributed by atoms with E-state index >= 15 is 0 Å². The van der Waals surface area contributed by atoms with Crippen molar-refractivity contribution in [3.63, 3.8) is 0 Å². The van der Waals surface area contributed by atoms with Gasteiger partial charge < -0.3 is 10.1 Å². The lowest BCUT2D eigenvalue weighted by molar-refractivity contribution is -0.116. The molecule has 0 aliphatic carbocycles. The maximum atomic E-state index is 12.1. The Labute approximate surface area is 143 Å². The average molecular weight is 345 g/mol. The molecule has 24 heavy (non-hydrogen) atoms. The molecule has 0 radical (unpaired) electrons. The smallest absolute Gasteiger partial charge is 0.234 e. The van der Waals surface area contributed by atoms with E-state index in [4.69, 9.17) is 4.74 Å². The van der Waals surface area contributed by atoms with E-state index in [1.54, 1.807) is 17.7 Å². The van der Waals surface area contributed by atoms with Crippen molar-refractivity contribution in [2.24, 2.45) is 0 Å². The second kappa shape index (κ2) is 6.96. The highest BCUT2D eigenvalue weighted by Crippen LogP contribution is 2.20. The number of carbonyl (C=O) groups excluding carboxylic acids is 1. The fraction of sp³-hybridized carbons (Fsp3) is 0.375. The lowest BCUT2D eigenvalue weighted by Crippen LogP contribution is -2.12.